The zero-order valence-electron chi connectivity index (χ0n) is 12.0. The molecule has 0 saturated carbocycles. The molecule has 2 aromatic rings. The third-order valence-corrected chi connectivity index (χ3v) is 4.57. The first-order valence-electron chi connectivity index (χ1n) is 6.43. The van der Waals surface area contributed by atoms with Crippen molar-refractivity contribution in [3.05, 3.63) is 53.6 Å². The summed E-state index contributed by atoms with van der Waals surface area (Å²) in [7, 11) is -2.07. The van der Waals surface area contributed by atoms with Crippen molar-refractivity contribution < 1.29 is 13.2 Å². The van der Waals surface area contributed by atoms with Gasteiger partial charge in [-0.2, -0.15) is 0 Å². The van der Waals surface area contributed by atoms with E-state index in [1.165, 1.54) is 0 Å². The Hall–Kier alpha value is -2.05. The topological polar surface area (TPSA) is 81.4 Å². The normalized spacial score (nSPS) is 11.2. The minimum atomic E-state index is -3.63. The molecule has 0 spiro atoms. The van der Waals surface area contributed by atoms with Crippen molar-refractivity contribution in [1.82, 2.24) is 0 Å². The Labute approximate surface area is 124 Å². The highest BCUT2D eigenvalue weighted by Crippen LogP contribution is 2.21. The van der Waals surface area contributed by atoms with Crippen LogP contribution in [0.4, 0.5) is 5.69 Å². The molecule has 6 heteroatoms. The third kappa shape index (κ3) is 3.53. The van der Waals surface area contributed by atoms with Gasteiger partial charge in [-0.3, -0.25) is 4.72 Å². The molecule has 0 aliphatic heterocycles. The van der Waals surface area contributed by atoms with E-state index in [0.29, 0.717) is 18.0 Å². The number of benzene rings is 2. The summed E-state index contributed by atoms with van der Waals surface area (Å²) < 4.78 is 32.3. The van der Waals surface area contributed by atoms with E-state index in [2.05, 4.69) is 4.72 Å². The van der Waals surface area contributed by atoms with Crippen LogP contribution in [0.3, 0.4) is 0 Å². The maximum Gasteiger partial charge on any atom is 0.261 e. The monoisotopic (exact) mass is 306 g/mol. The summed E-state index contributed by atoms with van der Waals surface area (Å²) in [5, 5.41) is 0. The van der Waals surface area contributed by atoms with Crippen molar-refractivity contribution in [2.45, 2.75) is 18.4 Å². The molecule has 2 rings (SSSR count). The molecule has 112 valence electrons. The quantitative estimate of drug-likeness (QED) is 0.888. The molecule has 0 unspecified atom stereocenters. The number of nitrogens with one attached hydrogen (secondary N) is 1. The molecule has 0 atom stereocenters. The molecule has 0 fully saturated rings. The van der Waals surface area contributed by atoms with Crippen LogP contribution >= 0.6 is 0 Å². The standard InChI is InChI=1S/C15H18N2O3S/c1-11-3-8-15(9-12(11)10-16)21(18,19)17-13-4-6-14(20-2)7-5-13/h3-9,17H,10,16H2,1-2H3. The van der Waals surface area contributed by atoms with Gasteiger partial charge in [0.1, 0.15) is 5.75 Å². The number of ether oxygens (including phenoxy) is 1. The SMILES string of the molecule is COc1ccc(NS(=O)(=O)c2ccc(C)c(CN)c2)cc1. The van der Waals surface area contributed by atoms with Gasteiger partial charge in [-0.25, -0.2) is 8.42 Å². The molecule has 0 saturated heterocycles. The summed E-state index contributed by atoms with van der Waals surface area (Å²) in [4.78, 5) is 0.198. The van der Waals surface area contributed by atoms with Crippen LogP contribution in [0.5, 0.6) is 5.75 Å². The molecule has 21 heavy (non-hydrogen) atoms. The van der Waals surface area contributed by atoms with Gasteiger partial charge in [-0.1, -0.05) is 6.07 Å². The number of aryl methyl sites for hydroxylation is 1. The maximum atomic E-state index is 12.4. The van der Waals surface area contributed by atoms with E-state index in [9.17, 15) is 8.42 Å². The summed E-state index contributed by atoms with van der Waals surface area (Å²) in [6.07, 6.45) is 0. The minimum absolute atomic E-state index is 0.198. The highest BCUT2D eigenvalue weighted by molar-refractivity contribution is 7.92. The molecule has 2 aromatic carbocycles. The Kier molecular flexibility index (Phi) is 4.50. The van der Waals surface area contributed by atoms with Crippen LogP contribution in [0.25, 0.3) is 0 Å². The van der Waals surface area contributed by atoms with Crippen LogP contribution in [0.2, 0.25) is 0 Å². The van der Waals surface area contributed by atoms with Crippen LogP contribution in [0.1, 0.15) is 11.1 Å². The Bertz CT molecular complexity index is 725. The lowest BCUT2D eigenvalue weighted by Gasteiger charge is -2.11. The molecule has 0 radical (unpaired) electrons. The van der Waals surface area contributed by atoms with E-state index in [0.717, 1.165) is 11.1 Å². The van der Waals surface area contributed by atoms with Crippen LogP contribution in [-0.2, 0) is 16.6 Å². The van der Waals surface area contributed by atoms with Crippen molar-refractivity contribution >= 4 is 15.7 Å². The van der Waals surface area contributed by atoms with Crippen molar-refractivity contribution in [1.29, 1.82) is 0 Å². The van der Waals surface area contributed by atoms with Crippen LogP contribution < -0.4 is 15.2 Å². The number of rotatable bonds is 5. The number of anilines is 1. The Morgan fingerprint density at radius 1 is 1.14 bits per heavy atom. The van der Waals surface area contributed by atoms with Gasteiger partial charge < -0.3 is 10.5 Å². The van der Waals surface area contributed by atoms with Gasteiger partial charge in [0.25, 0.3) is 10.0 Å². The summed E-state index contributed by atoms with van der Waals surface area (Å²) in [6.45, 7) is 2.20. The number of sulfonamides is 1. The fraction of sp³-hybridized carbons (Fsp3) is 0.200. The van der Waals surface area contributed by atoms with Crippen LogP contribution in [0.15, 0.2) is 47.4 Å². The smallest absolute Gasteiger partial charge is 0.261 e. The predicted molar refractivity (Wildman–Crippen MR) is 82.9 cm³/mol. The average molecular weight is 306 g/mol. The first kappa shape index (κ1) is 15.3. The molecule has 3 N–H and O–H groups in total. The lowest BCUT2D eigenvalue weighted by atomic mass is 10.1. The fourth-order valence-electron chi connectivity index (χ4n) is 1.91. The largest absolute Gasteiger partial charge is 0.497 e. The zero-order chi connectivity index (χ0) is 15.5. The van der Waals surface area contributed by atoms with Gasteiger partial charge in [0.2, 0.25) is 0 Å². The molecule has 5 nitrogen and oxygen atoms in total. The number of nitrogens with two attached hydrogens (primary N) is 1. The second-order valence-corrected chi connectivity index (χ2v) is 6.31. The second kappa shape index (κ2) is 6.15. The summed E-state index contributed by atoms with van der Waals surface area (Å²) in [5.74, 6) is 0.665. The predicted octanol–water partition coefficient (Wildman–Crippen LogP) is 2.26. The lowest BCUT2D eigenvalue weighted by molar-refractivity contribution is 0.415. The van der Waals surface area contributed by atoms with Gasteiger partial charge in [-0.05, 0) is 54.4 Å². The highest BCUT2D eigenvalue weighted by atomic mass is 32.2. The first-order chi connectivity index (χ1) is 9.96. The fourth-order valence-corrected chi connectivity index (χ4v) is 3.02. The maximum absolute atomic E-state index is 12.4. The van der Waals surface area contributed by atoms with Crippen molar-refractivity contribution in [2.24, 2.45) is 5.73 Å². The van der Waals surface area contributed by atoms with E-state index in [1.54, 1.807) is 49.6 Å². The average Bonchev–Trinajstić information content (AvgIpc) is 2.48. The van der Waals surface area contributed by atoms with Crippen molar-refractivity contribution in [3.8, 4) is 5.75 Å². The molecule has 0 aromatic heterocycles. The van der Waals surface area contributed by atoms with Crippen LogP contribution in [-0.4, -0.2) is 15.5 Å². The highest BCUT2D eigenvalue weighted by Gasteiger charge is 2.15. The van der Waals surface area contributed by atoms with E-state index in [1.807, 2.05) is 6.92 Å². The molecular weight excluding hydrogens is 288 g/mol. The number of hydrogen-bond donors (Lipinski definition) is 2. The van der Waals surface area contributed by atoms with Gasteiger partial charge >= 0.3 is 0 Å². The molecular formula is C15H18N2O3S. The molecule has 0 heterocycles. The van der Waals surface area contributed by atoms with Gasteiger partial charge in [0.15, 0.2) is 0 Å². The summed E-state index contributed by atoms with van der Waals surface area (Å²) >= 11 is 0. The second-order valence-electron chi connectivity index (χ2n) is 4.63. The Morgan fingerprint density at radius 3 is 2.38 bits per heavy atom. The van der Waals surface area contributed by atoms with E-state index in [4.69, 9.17) is 10.5 Å². The molecule has 0 aliphatic rings. The summed E-state index contributed by atoms with van der Waals surface area (Å²) in [6, 6.07) is 11.6. The lowest BCUT2D eigenvalue weighted by Crippen LogP contribution is -2.14. The summed E-state index contributed by atoms with van der Waals surface area (Å²) in [5.41, 5.74) is 7.88. The van der Waals surface area contributed by atoms with Crippen molar-refractivity contribution in [3.63, 3.8) is 0 Å². The van der Waals surface area contributed by atoms with E-state index in [-0.39, 0.29) is 4.90 Å². The molecule has 0 bridgehead atoms. The molecule has 0 aliphatic carbocycles. The Balaban J connectivity index is 2.29. The third-order valence-electron chi connectivity index (χ3n) is 3.19. The first-order valence-corrected chi connectivity index (χ1v) is 7.91. The Morgan fingerprint density at radius 2 is 1.81 bits per heavy atom. The zero-order valence-corrected chi connectivity index (χ0v) is 12.8. The van der Waals surface area contributed by atoms with Gasteiger partial charge in [-0.15, -0.1) is 0 Å². The molecule has 0 amide bonds. The van der Waals surface area contributed by atoms with Crippen molar-refractivity contribution in [2.75, 3.05) is 11.8 Å². The number of hydrogen-bond acceptors (Lipinski definition) is 4. The minimum Gasteiger partial charge on any atom is -0.497 e. The van der Waals surface area contributed by atoms with E-state index >= 15 is 0 Å². The van der Waals surface area contributed by atoms with Gasteiger partial charge in [0.05, 0.1) is 12.0 Å². The number of methoxy groups -OCH3 is 1. The van der Waals surface area contributed by atoms with Crippen LogP contribution in [0, 0.1) is 6.92 Å². The van der Waals surface area contributed by atoms with E-state index < -0.39 is 10.0 Å². The van der Waals surface area contributed by atoms with Gasteiger partial charge in [0, 0.05) is 12.2 Å².